The standard InChI is InChI=1S/C18H37.Mo.H3N.H3O4P/c1-3-5-7-9-11-13-15-17-18-16-14-12-10-8-6-4-2;;;1-5(2,3)4/h1,3-18H2,2H3;;1H3;(H3,1,2,3,4)/q;+2;;/p-2. The Morgan fingerprint density at radius 1 is 0.600 bits per heavy atom. The SMILES string of the molecule is CCCCCCCCCCCCCCCCC[CH2][Mo+2].O=P([O-])([O-])[O-].[NH4+]. The predicted molar refractivity (Wildman–Crippen MR) is 97.9 cm³/mol. The fourth-order valence-corrected chi connectivity index (χ4v) is 3.15. The molecule has 0 saturated heterocycles. The number of hydrogen-bond donors (Lipinski definition) is 1. The van der Waals surface area contributed by atoms with Gasteiger partial charge in [-0.1, -0.05) is 39.0 Å². The zero-order valence-electron chi connectivity index (χ0n) is 16.5. The van der Waals surface area contributed by atoms with Gasteiger partial charge < -0.3 is 25.4 Å². The second-order valence-corrected chi connectivity index (χ2v) is 8.35. The van der Waals surface area contributed by atoms with E-state index in [1.165, 1.54) is 108 Å². The van der Waals surface area contributed by atoms with E-state index < -0.39 is 7.82 Å². The first-order valence-corrected chi connectivity index (χ1v) is 12.6. The Hall–Kier alpha value is 0.758. The molecular formula is C18H41MoNO4P. The molecule has 0 fully saturated rings. The van der Waals surface area contributed by atoms with Gasteiger partial charge in [-0.15, -0.1) is 0 Å². The third kappa shape index (κ3) is 45.7. The molecule has 0 bridgehead atoms. The van der Waals surface area contributed by atoms with Crippen LogP contribution in [0.25, 0.3) is 0 Å². The van der Waals surface area contributed by atoms with Gasteiger partial charge in [-0.2, -0.15) is 7.82 Å². The summed E-state index contributed by atoms with van der Waals surface area (Å²) in [4.78, 5) is 27.0. The Bertz CT molecular complexity index is 254. The van der Waals surface area contributed by atoms with Crippen LogP contribution < -0.4 is 20.8 Å². The van der Waals surface area contributed by atoms with E-state index in [-0.39, 0.29) is 6.15 Å². The third-order valence-corrected chi connectivity index (χ3v) is 4.71. The molecule has 7 heteroatoms. The molecule has 0 unspecified atom stereocenters. The van der Waals surface area contributed by atoms with Crippen molar-refractivity contribution in [2.45, 2.75) is 114 Å². The van der Waals surface area contributed by atoms with E-state index >= 15 is 0 Å². The number of unbranched alkanes of at least 4 members (excludes halogenated alkanes) is 15. The van der Waals surface area contributed by atoms with Gasteiger partial charge in [0.25, 0.3) is 0 Å². The van der Waals surface area contributed by atoms with Crippen LogP contribution in [0.4, 0.5) is 0 Å². The second-order valence-electron chi connectivity index (χ2n) is 6.45. The van der Waals surface area contributed by atoms with E-state index in [0.29, 0.717) is 0 Å². The van der Waals surface area contributed by atoms with Gasteiger partial charge in [-0.05, 0) is 0 Å². The Labute approximate surface area is 167 Å². The van der Waals surface area contributed by atoms with Gasteiger partial charge in [0.2, 0.25) is 0 Å². The molecule has 0 aliphatic carbocycles. The van der Waals surface area contributed by atoms with Crippen LogP contribution in [0.3, 0.4) is 0 Å². The molecule has 0 radical (unpaired) electrons. The van der Waals surface area contributed by atoms with Crippen LogP contribution in [0.1, 0.15) is 110 Å². The number of quaternary nitrogens is 1. The topological polar surface area (TPSA) is 123 Å². The first-order valence-electron chi connectivity index (χ1n) is 9.73. The van der Waals surface area contributed by atoms with Gasteiger partial charge in [0.1, 0.15) is 0 Å². The monoisotopic (exact) mass is 464 g/mol. The Morgan fingerprint density at radius 2 is 0.800 bits per heavy atom. The quantitative estimate of drug-likeness (QED) is 0.202. The van der Waals surface area contributed by atoms with Crippen LogP contribution >= 0.6 is 7.82 Å². The van der Waals surface area contributed by atoms with Crippen molar-refractivity contribution in [3.63, 3.8) is 0 Å². The number of rotatable bonds is 16. The first-order chi connectivity index (χ1) is 11.4. The third-order valence-electron chi connectivity index (χ3n) is 4.00. The second kappa shape index (κ2) is 24.8. The minimum absolute atomic E-state index is 0. The summed E-state index contributed by atoms with van der Waals surface area (Å²) in [6.07, 6.45) is 23.5. The van der Waals surface area contributed by atoms with Crippen LogP contribution in [0.2, 0.25) is 4.81 Å². The zero-order valence-corrected chi connectivity index (χ0v) is 19.4. The van der Waals surface area contributed by atoms with Gasteiger partial charge >= 0.3 is 95.3 Å². The normalized spacial score (nSPS) is 10.7. The van der Waals surface area contributed by atoms with Crippen molar-refractivity contribution in [3.05, 3.63) is 0 Å². The van der Waals surface area contributed by atoms with Gasteiger partial charge in [0.15, 0.2) is 0 Å². The average molecular weight is 462 g/mol. The summed E-state index contributed by atoms with van der Waals surface area (Å²) in [7, 11) is -5.39. The minimum atomic E-state index is -5.39. The van der Waals surface area contributed by atoms with E-state index in [4.69, 9.17) is 19.2 Å². The minimum Gasteiger partial charge on any atom is -0.822 e. The predicted octanol–water partition coefficient (Wildman–Crippen LogP) is 4.76. The molecule has 0 heterocycles. The van der Waals surface area contributed by atoms with Crippen molar-refractivity contribution in [2.24, 2.45) is 0 Å². The van der Waals surface area contributed by atoms with E-state index in [9.17, 15) is 0 Å². The van der Waals surface area contributed by atoms with Gasteiger partial charge in [-0.3, -0.25) is 0 Å². The molecule has 0 aromatic carbocycles. The molecule has 5 nitrogen and oxygen atoms in total. The zero-order chi connectivity index (χ0) is 18.5. The number of phosphoric acid groups is 1. The molecular weight excluding hydrogens is 421 g/mol. The maximum Gasteiger partial charge on any atom is -0.159 e. The van der Waals surface area contributed by atoms with Crippen LogP contribution in [0, 0.1) is 0 Å². The van der Waals surface area contributed by atoms with E-state index in [1.807, 2.05) is 0 Å². The maximum atomic E-state index is 8.55. The van der Waals surface area contributed by atoms with E-state index in [1.54, 1.807) is 0 Å². The Morgan fingerprint density at radius 3 is 1.00 bits per heavy atom. The smallest absolute Gasteiger partial charge is 0.159 e. The fraction of sp³-hybridized carbons (Fsp3) is 1.00. The van der Waals surface area contributed by atoms with Crippen LogP contribution in [0.5, 0.6) is 0 Å². The summed E-state index contributed by atoms with van der Waals surface area (Å²) in [5.74, 6) is 0. The summed E-state index contributed by atoms with van der Waals surface area (Å²) in [6, 6.07) is 0. The summed E-state index contributed by atoms with van der Waals surface area (Å²) in [5, 5.41) is 0. The van der Waals surface area contributed by atoms with Gasteiger partial charge in [0.05, 0.1) is 0 Å². The van der Waals surface area contributed by atoms with Crippen molar-refractivity contribution >= 4 is 7.82 Å². The molecule has 0 aliphatic heterocycles. The molecule has 0 amide bonds. The van der Waals surface area contributed by atoms with Crippen molar-refractivity contribution in [1.82, 2.24) is 6.15 Å². The molecule has 0 aliphatic rings. The fourth-order valence-electron chi connectivity index (χ4n) is 2.65. The molecule has 25 heavy (non-hydrogen) atoms. The van der Waals surface area contributed by atoms with E-state index in [2.05, 4.69) is 26.7 Å². The molecule has 153 valence electrons. The summed E-state index contributed by atoms with van der Waals surface area (Å²) >= 11 is 2.23. The molecule has 0 aromatic heterocycles. The van der Waals surface area contributed by atoms with Crippen molar-refractivity contribution < 1.29 is 39.1 Å². The van der Waals surface area contributed by atoms with Gasteiger partial charge in [-0.25, -0.2) is 0 Å². The van der Waals surface area contributed by atoms with Crippen LogP contribution in [0.15, 0.2) is 0 Å². The molecule has 0 saturated carbocycles. The molecule has 0 aromatic rings. The summed E-state index contributed by atoms with van der Waals surface area (Å²) in [6.45, 7) is 2.30. The van der Waals surface area contributed by atoms with Crippen LogP contribution in [-0.4, -0.2) is 0 Å². The Balaban J connectivity index is -0.000000704. The van der Waals surface area contributed by atoms with Gasteiger partial charge in [0, 0.05) is 0 Å². The summed E-state index contributed by atoms with van der Waals surface area (Å²) in [5.41, 5.74) is 0. The number of hydrogen-bond acceptors (Lipinski definition) is 4. The molecule has 4 N–H and O–H groups in total. The van der Waals surface area contributed by atoms with Crippen molar-refractivity contribution in [2.75, 3.05) is 0 Å². The Kier molecular flexibility index (Phi) is 30.2. The molecule has 0 atom stereocenters. The first kappa shape index (κ1) is 30.5. The van der Waals surface area contributed by atoms with Crippen molar-refractivity contribution in [3.8, 4) is 0 Å². The largest absolute Gasteiger partial charge is 0.822 e. The van der Waals surface area contributed by atoms with Crippen LogP contribution in [-0.2, 0) is 24.4 Å². The molecule has 0 spiro atoms. The molecule has 0 rings (SSSR count). The summed E-state index contributed by atoms with van der Waals surface area (Å²) < 4.78 is 8.55. The average Bonchev–Trinajstić information content (AvgIpc) is 2.49. The van der Waals surface area contributed by atoms with Crippen molar-refractivity contribution in [1.29, 1.82) is 0 Å². The van der Waals surface area contributed by atoms with E-state index in [0.717, 1.165) is 0 Å². The maximum absolute atomic E-state index is 8.55.